The van der Waals surface area contributed by atoms with Crippen LogP contribution in [0.3, 0.4) is 0 Å². The van der Waals surface area contributed by atoms with E-state index in [4.69, 9.17) is 11.6 Å². The molecule has 1 aliphatic carbocycles. The molecule has 2 aliphatic rings. The van der Waals surface area contributed by atoms with Crippen LogP contribution in [-0.2, 0) is 16.8 Å². The van der Waals surface area contributed by atoms with Crippen LogP contribution in [0.4, 0.5) is 0 Å². The molecule has 2 fully saturated rings. The predicted molar refractivity (Wildman–Crippen MR) is 108 cm³/mol. The average molecular weight is 384 g/mol. The highest BCUT2D eigenvalue weighted by atomic mass is 35.5. The SMILES string of the molecule is O=C(N1CCCN(Cc2cccnc2)CC1)C1(c2ccc(Cl)cc2)CCC1. The van der Waals surface area contributed by atoms with E-state index in [0.29, 0.717) is 5.91 Å². The number of rotatable bonds is 4. The summed E-state index contributed by atoms with van der Waals surface area (Å²) in [4.78, 5) is 22.2. The second-order valence-electron chi connectivity index (χ2n) is 7.73. The van der Waals surface area contributed by atoms with Crippen LogP contribution in [0.25, 0.3) is 0 Å². The average Bonchev–Trinajstić information content (AvgIpc) is 2.89. The van der Waals surface area contributed by atoms with Crippen molar-refractivity contribution in [2.45, 2.75) is 37.6 Å². The van der Waals surface area contributed by atoms with Crippen molar-refractivity contribution in [2.75, 3.05) is 26.2 Å². The Hall–Kier alpha value is -1.91. The molecule has 1 saturated heterocycles. The van der Waals surface area contributed by atoms with E-state index in [2.05, 4.69) is 20.9 Å². The maximum absolute atomic E-state index is 13.5. The van der Waals surface area contributed by atoms with Gasteiger partial charge in [0.05, 0.1) is 5.41 Å². The first-order valence-corrected chi connectivity index (χ1v) is 10.2. The fraction of sp³-hybridized carbons (Fsp3) is 0.455. The molecule has 0 N–H and O–H groups in total. The van der Waals surface area contributed by atoms with E-state index in [-0.39, 0.29) is 5.41 Å². The molecule has 5 heteroatoms. The Morgan fingerprint density at radius 3 is 2.52 bits per heavy atom. The molecule has 27 heavy (non-hydrogen) atoms. The fourth-order valence-corrected chi connectivity index (χ4v) is 4.44. The predicted octanol–water partition coefficient (Wildman–Crippen LogP) is 3.89. The van der Waals surface area contributed by atoms with E-state index < -0.39 is 0 Å². The van der Waals surface area contributed by atoms with Gasteiger partial charge in [0.15, 0.2) is 0 Å². The molecule has 0 atom stereocenters. The largest absolute Gasteiger partial charge is 0.341 e. The molecule has 1 aromatic heterocycles. The third-order valence-corrected chi connectivity index (χ3v) is 6.27. The lowest BCUT2D eigenvalue weighted by Gasteiger charge is -2.44. The number of halogens is 1. The molecular formula is C22H26ClN3O. The van der Waals surface area contributed by atoms with Gasteiger partial charge in [0, 0.05) is 50.1 Å². The molecule has 1 aromatic carbocycles. The number of aromatic nitrogens is 1. The number of carbonyl (C=O) groups is 1. The van der Waals surface area contributed by atoms with Crippen molar-refractivity contribution in [1.82, 2.24) is 14.8 Å². The van der Waals surface area contributed by atoms with Crippen LogP contribution in [-0.4, -0.2) is 46.9 Å². The van der Waals surface area contributed by atoms with E-state index in [1.165, 1.54) is 5.56 Å². The minimum absolute atomic E-state index is 0.305. The van der Waals surface area contributed by atoms with Crippen molar-refractivity contribution >= 4 is 17.5 Å². The van der Waals surface area contributed by atoms with Crippen molar-refractivity contribution in [1.29, 1.82) is 0 Å². The molecule has 2 aromatic rings. The van der Waals surface area contributed by atoms with Crippen molar-refractivity contribution in [3.63, 3.8) is 0 Å². The minimum Gasteiger partial charge on any atom is -0.341 e. The van der Waals surface area contributed by atoms with E-state index >= 15 is 0 Å². The Morgan fingerprint density at radius 2 is 1.85 bits per heavy atom. The molecule has 0 spiro atoms. The summed E-state index contributed by atoms with van der Waals surface area (Å²) in [7, 11) is 0. The van der Waals surface area contributed by atoms with Crippen molar-refractivity contribution in [3.8, 4) is 0 Å². The smallest absolute Gasteiger partial charge is 0.233 e. The summed E-state index contributed by atoms with van der Waals surface area (Å²) in [5.41, 5.74) is 2.02. The lowest BCUT2D eigenvalue weighted by atomic mass is 9.63. The van der Waals surface area contributed by atoms with E-state index in [0.717, 1.165) is 69.0 Å². The lowest BCUT2D eigenvalue weighted by Crippen LogP contribution is -2.51. The molecule has 2 heterocycles. The van der Waals surface area contributed by atoms with Crippen molar-refractivity contribution in [3.05, 3.63) is 64.9 Å². The first-order chi connectivity index (χ1) is 13.2. The maximum Gasteiger partial charge on any atom is 0.233 e. The normalized spacial score (nSPS) is 20.0. The standard InChI is InChI=1S/C22H26ClN3O/c23-20-7-5-19(6-8-20)22(9-2-10-22)21(27)26-13-3-12-25(14-15-26)17-18-4-1-11-24-16-18/h1,4-8,11,16H,2-3,9-10,12-15,17H2. The van der Waals surface area contributed by atoms with Gasteiger partial charge >= 0.3 is 0 Å². The van der Waals surface area contributed by atoms with Gasteiger partial charge in [-0.15, -0.1) is 0 Å². The summed E-state index contributed by atoms with van der Waals surface area (Å²) in [6, 6.07) is 12.0. The first kappa shape index (κ1) is 18.5. The third kappa shape index (κ3) is 3.87. The Kier molecular flexibility index (Phi) is 5.46. The summed E-state index contributed by atoms with van der Waals surface area (Å²) < 4.78 is 0. The molecule has 0 unspecified atom stereocenters. The van der Waals surface area contributed by atoms with E-state index in [9.17, 15) is 4.79 Å². The zero-order valence-corrected chi connectivity index (χ0v) is 16.4. The molecule has 4 nitrogen and oxygen atoms in total. The number of hydrogen-bond donors (Lipinski definition) is 0. The van der Waals surface area contributed by atoms with Gasteiger partial charge < -0.3 is 4.90 Å². The maximum atomic E-state index is 13.5. The van der Waals surface area contributed by atoms with Gasteiger partial charge in [0.1, 0.15) is 0 Å². The van der Waals surface area contributed by atoms with Crippen LogP contribution in [0.1, 0.15) is 36.8 Å². The van der Waals surface area contributed by atoms with Crippen LogP contribution in [0.2, 0.25) is 5.02 Å². The van der Waals surface area contributed by atoms with Crippen molar-refractivity contribution < 1.29 is 4.79 Å². The molecule has 1 aliphatic heterocycles. The zero-order chi connectivity index (χ0) is 18.7. The highest BCUT2D eigenvalue weighted by molar-refractivity contribution is 6.30. The molecule has 1 amide bonds. The minimum atomic E-state index is -0.330. The highest BCUT2D eigenvalue weighted by Gasteiger charge is 2.47. The summed E-state index contributed by atoms with van der Waals surface area (Å²) in [5.74, 6) is 0.305. The van der Waals surface area contributed by atoms with Gasteiger partial charge in [-0.25, -0.2) is 0 Å². The number of amides is 1. The fourth-order valence-electron chi connectivity index (χ4n) is 4.31. The van der Waals surface area contributed by atoms with Gasteiger partial charge in [-0.1, -0.05) is 36.2 Å². The molecule has 4 rings (SSSR count). The van der Waals surface area contributed by atoms with Gasteiger partial charge in [-0.05, 0) is 48.6 Å². The Morgan fingerprint density at radius 1 is 1.04 bits per heavy atom. The Bertz CT molecular complexity index is 774. The second kappa shape index (κ2) is 7.99. The first-order valence-electron chi connectivity index (χ1n) is 9.84. The summed E-state index contributed by atoms with van der Waals surface area (Å²) >= 11 is 6.05. The Labute approximate surface area is 166 Å². The Balaban J connectivity index is 1.43. The third-order valence-electron chi connectivity index (χ3n) is 6.02. The van der Waals surface area contributed by atoms with Gasteiger partial charge in [-0.2, -0.15) is 0 Å². The molecule has 142 valence electrons. The molecule has 1 saturated carbocycles. The summed E-state index contributed by atoms with van der Waals surface area (Å²) in [6.45, 7) is 4.48. The summed E-state index contributed by atoms with van der Waals surface area (Å²) in [6.07, 6.45) is 7.77. The lowest BCUT2D eigenvalue weighted by molar-refractivity contribution is -0.140. The number of hydrogen-bond acceptors (Lipinski definition) is 3. The van der Waals surface area contributed by atoms with Crippen LogP contribution in [0.15, 0.2) is 48.8 Å². The van der Waals surface area contributed by atoms with Crippen LogP contribution >= 0.6 is 11.6 Å². The topological polar surface area (TPSA) is 36.4 Å². The van der Waals surface area contributed by atoms with E-state index in [1.807, 2.05) is 36.5 Å². The number of benzene rings is 1. The molecule has 0 radical (unpaired) electrons. The van der Waals surface area contributed by atoms with Gasteiger partial charge in [0.2, 0.25) is 5.91 Å². The van der Waals surface area contributed by atoms with Crippen LogP contribution < -0.4 is 0 Å². The monoisotopic (exact) mass is 383 g/mol. The summed E-state index contributed by atoms with van der Waals surface area (Å²) in [5, 5.41) is 0.724. The quantitative estimate of drug-likeness (QED) is 0.803. The van der Waals surface area contributed by atoms with E-state index in [1.54, 1.807) is 6.20 Å². The molecule has 0 bridgehead atoms. The van der Waals surface area contributed by atoms with Gasteiger partial charge in [-0.3, -0.25) is 14.7 Å². The molecular weight excluding hydrogens is 358 g/mol. The second-order valence-corrected chi connectivity index (χ2v) is 8.16. The number of nitrogens with zero attached hydrogens (tertiary/aromatic N) is 3. The van der Waals surface area contributed by atoms with Crippen LogP contribution in [0, 0.1) is 0 Å². The number of carbonyl (C=O) groups excluding carboxylic acids is 1. The van der Waals surface area contributed by atoms with Gasteiger partial charge in [0.25, 0.3) is 0 Å². The van der Waals surface area contributed by atoms with Crippen molar-refractivity contribution in [2.24, 2.45) is 0 Å². The number of pyridine rings is 1. The van der Waals surface area contributed by atoms with Crippen LogP contribution in [0.5, 0.6) is 0 Å². The zero-order valence-electron chi connectivity index (χ0n) is 15.6. The highest BCUT2D eigenvalue weighted by Crippen LogP contribution is 2.45.